The fraction of sp³-hybridized carbons (Fsp3) is 0.300. The number of carbonyl (C=O) groups is 1. The first kappa shape index (κ1) is 12.8. The van der Waals surface area contributed by atoms with E-state index in [1.807, 2.05) is 0 Å². The maximum absolute atomic E-state index is 12.5. The Morgan fingerprint density at radius 2 is 2.00 bits per heavy atom. The average Bonchev–Trinajstić information content (AvgIpc) is 2.06. The lowest BCUT2D eigenvalue weighted by Crippen LogP contribution is -2.28. The van der Waals surface area contributed by atoms with E-state index in [0.717, 1.165) is 6.07 Å². The number of carboxylic acids is 1. The van der Waals surface area contributed by atoms with Crippen molar-refractivity contribution in [2.75, 3.05) is 0 Å². The number of alkyl halides is 3. The lowest BCUT2D eigenvalue weighted by Gasteiger charge is -2.18. The molecule has 0 heterocycles. The summed E-state index contributed by atoms with van der Waals surface area (Å²) in [7, 11) is 0. The maximum Gasteiger partial charge on any atom is 0.406 e. The van der Waals surface area contributed by atoms with Gasteiger partial charge in [0.2, 0.25) is 0 Å². The molecule has 1 N–H and O–H groups in total. The molecule has 0 saturated heterocycles. The molecule has 0 fully saturated rings. The normalized spacial score (nSPS) is 13.6. The molecule has 1 rings (SSSR count). The van der Waals surface area contributed by atoms with Gasteiger partial charge in [-0.1, -0.05) is 17.7 Å². The van der Waals surface area contributed by atoms with E-state index in [9.17, 15) is 18.0 Å². The van der Waals surface area contributed by atoms with Gasteiger partial charge in [0.25, 0.3) is 0 Å². The SMILES string of the molecule is Cc1cc(Cl)ccc1C(C(=O)O)C(F)(F)F. The van der Waals surface area contributed by atoms with E-state index < -0.39 is 18.1 Å². The van der Waals surface area contributed by atoms with Crippen LogP contribution in [0.2, 0.25) is 5.02 Å². The van der Waals surface area contributed by atoms with Crippen LogP contribution in [0.4, 0.5) is 13.2 Å². The topological polar surface area (TPSA) is 37.3 Å². The Balaban J connectivity index is 3.28. The molecule has 1 unspecified atom stereocenters. The van der Waals surface area contributed by atoms with Crippen LogP contribution in [0.15, 0.2) is 18.2 Å². The maximum atomic E-state index is 12.5. The number of hydrogen-bond donors (Lipinski definition) is 1. The van der Waals surface area contributed by atoms with Crippen LogP contribution in [0, 0.1) is 6.92 Å². The number of halogens is 4. The second kappa shape index (κ2) is 4.33. The minimum Gasteiger partial charge on any atom is -0.481 e. The minimum absolute atomic E-state index is 0.206. The summed E-state index contributed by atoms with van der Waals surface area (Å²) in [4.78, 5) is 10.6. The Bertz CT molecular complexity index is 415. The van der Waals surface area contributed by atoms with E-state index in [1.165, 1.54) is 19.1 Å². The first-order valence-electron chi connectivity index (χ1n) is 4.29. The highest BCUT2D eigenvalue weighted by molar-refractivity contribution is 6.30. The van der Waals surface area contributed by atoms with Gasteiger partial charge < -0.3 is 5.11 Å². The molecule has 0 aromatic heterocycles. The molecule has 0 amide bonds. The van der Waals surface area contributed by atoms with E-state index in [-0.39, 0.29) is 16.1 Å². The smallest absolute Gasteiger partial charge is 0.406 e. The first-order chi connectivity index (χ1) is 7.23. The third-order valence-corrected chi connectivity index (χ3v) is 2.35. The largest absolute Gasteiger partial charge is 0.481 e. The number of benzene rings is 1. The van der Waals surface area contributed by atoms with Gasteiger partial charge in [0.05, 0.1) is 0 Å². The predicted molar refractivity (Wildman–Crippen MR) is 52.6 cm³/mol. The van der Waals surface area contributed by atoms with Crippen molar-refractivity contribution in [3.05, 3.63) is 34.3 Å². The number of aliphatic carboxylic acids is 1. The number of rotatable bonds is 2. The van der Waals surface area contributed by atoms with Gasteiger partial charge in [-0.3, -0.25) is 4.79 Å². The van der Waals surface area contributed by atoms with Crippen LogP contribution in [0.25, 0.3) is 0 Å². The summed E-state index contributed by atoms with van der Waals surface area (Å²) in [6.45, 7) is 1.39. The molecular weight excluding hydrogens is 245 g/mol. The van der Waals surface area contributed by atoms with Gasteiger partial charge >= 0.3 is 12.1 Å². The molecule has 0 bridgehead atoms. The average molecular weight is 253 g/mol. The van der Waals surface area contributed by atoms with Gasteiger partial charge in [-0.05, 0) is 30.2 Å². The second-order valence-electron chi connectivity index (χ2n) is 3.31. The molecule has 88 valence electrons. The summed E-state index contributed by atoms with van der Waals surface area (Å²) < 4.78 is 37.6. The molecule has 0 saturated carbocycles. The highest BCUT2D eigenvalue weighted by atomic mass is 35.5. The van der Waals surface area contributed by atoms with Crippen LogP contribution in [0.5, 0.6) is 0 Å². The van der Waals surface area contributed by atoms with Crippen molar-refractivity contribution in [1.29, 1.82) is 0 Å². The van der Waals surface area contributed by atoms with E-state index in [2.05, 4.69) is 0 Å². The van der Waals surface area contributed by atoms with Crippen LogP contribution in [0.3, 0.4) is 0 Å². The number of aryl methyl sites for hydroxylation is 1. The van der Waals surface area contributed by atoms with Crippen LogP contribution in [-0.4, -0.2) is 17.3 Å². The van der Waals surface area contributed by atoms with Crippen LogP contribution >= 0.6 is 11.6 Å². The highest BCUT2D eigenvalue weighted by Gasteiger charge is 2.46. The number of carboxylic acid groups (broad SMARTS) is 1. The molecule has 1 aromatic rings. The van der Waals surface area contributed by atoms with Crippen molar-refractivity contribution in [1.82, 2.24) is 0 Å². The van der Waals surface area contributed by atoms with Crippen molar-refractivity contribution < 1.29 is 23.1 Å². The zero-order chi connectivity index (χ0) is 12.5. The number of hydrogen-bond acceptors (Lipinski definition) is 1. The first-order valence-corrected chi connectivity index (χ1v) is 4.67. The monoisotopic (exact) mass is 252 g/mol. The highest BCUT2D eigenvalue weighted by Crippen LogP contribution is 2.37. The Morgan fingerprint density at radius 1 is 1.44 bits per heavy atom. The summed E-state index contributed by atoms with van der Waals surface area (Å²) in [6, 6.07) is 3.63. The predicted octanol–water partition coefficient (Wildman–Crippen LogP) is 3.38. The zero-order valence-electron chi connectivity index (χ0n) is 8.18. The van der Waals surface area contributed by atoms with E-state index in [1.54, 1.807) is 0 Å². The van der Waals surface area contributed by atoms with Gasteiger partial charge in [-0.2, -0.15) is 13.2 Å². The Morgan fingerprint density at radius 3 is 2.38 bits per heavy atom. The Kier molecular flexibility index (Phi) is 3.48. The van der Waals surface area contributed by atoms with Crippen molar-refractivity contribution in [3.8, 4) is 0 Å². The van der Waals surface area contributed by atoms with Crippen molar-refractivity contribution in [3.63, 3.8) is 0 Å². The van der Waals surface area contributed by atoms with E-state index in [0.29, 0.717) is 0 Å². The third-order valence-electron chi connectivity index (χ3n) is 2.12. The van der Waals surface area contributed by atoms with Gasteiger partial charge in [0.1, 0.15) is 0 Å². The minimum atomic E-state index is -4.82. The molecule has 1 atom stereocenters. The summed E-state index contributed by atoms with van der Waals surface area (Å²) in [5.41, 5.74) is -0.0818. The molecule has 0 aliphatic carbocycles. The van der Waals surface area contributed by atoms with Gasteiger partial charge in [0.15, 0.2) is 5.92 Å². The van der Waals surface area contributed by atoms with Crippen LogP contribution < -0.4 is 0 Å². The van der Waals surface area contributed by atoms with E-state index in [4.69, 9.17) is 16.7 Å². The molecule has 0 aliphatic heterocycles. The Labute approximate surface area is 94.6 Å². The summed E-state index contributed by atoms with van der Waals surface area (Å²) in [6.07, 6.45) is -4.82. The summed E-state index contributed by atoms with van der Waals surface area (Å²) >= 11 is 5.59. The molecule has 0 radical (unpaired) electrons. The fourth-order valence-corrected chi connectivity index (χ4v) is 1.64. The molecule has 6 heteroatoms. The van der Waals surface area contributed by atoms with Gasteiger partial charge in [-0.15, -0.1) is 0 Å². The standard InChI is InChI=1S/C10H8ClF3O2/c1-5-4-6(11)2-3-7(5)8(9(15)16)10(12,13)14/h2-4,8H,1H3,(H,15,16). The summed E-state index contributed by atoms with van der Waals surface area (Å²) in [5.74, 6) is -4.43. The molecule has 2 nitrogen and oxygen atoms in total. The lowest BCUT2D eigenvalue weighted by atomic mass is 9.94. The van der Waals surface area contributed by atoms with Gasteiger partial charge in [-0.25, -0.2) is 0 Å². The quantitative estimate of drug-likeness (QED) is 0.876. The van der Waals surface area contributed by atoms with Crippen molar-refractivity contribution >= 4 is 17.6 Å². The second-order valence-corrected chi connectivity index (χ2v) is 3.75. The van der Waals surface area contributed by atoms with Gasteiger partial charge in [0, 0.05) is 5.02 Å². The third kappa shape index (κ3) is 2.66. The van der Waals surface area contributed by atoms with Crippen molar-refractivity contribution in [2.24, 2.45) is 0 Å². The van der Waals surface area contributed by atoms with Crippen molar-refractivity contribution in [2.45, 2.75) is 19.0 Å². The molecule has 16 heavy (non-hydrogen) atoms. The fourth-order valence-electron chi connectivity index (χ4n) is 1.41. The lowest BCUT2D eigenvalue weighted by molar-refractivity contribution is -0.176. The Hall–Kier alpha value is -1.23. The molecular formula is C10H8ClF3O2. The zero-order valence-corrected chi connectivity index (χ0v) is 8.93. The molecule has 0 spiro atoms. The van der Waals surface area contributed by atoms with E-state index >= 15 is 0 Å². The molecule has 0 aliphatic rings. The molecule has 1 aromatic carbocycles. The van der Waals surface area contributed by atoms with Crippen LogP contribution in [-0.2, 0) is 4.79 Å². The van der Waals surface area contributed by atoms with Crippen LogP contribution in [0.1, 0.15) is 17.0 Å². The summed E-state index contributed by atoms with van der Waals surface area (Å²) in [5, 5.41) is 8.87.